The van der Waals surface area contributed by atoms with Crippen LogP contribution in [0.3, 0.4) is 0 Å². The smallest absolute Gasteiger partial charge is 0.220 e. The Labute approximate surface area is 170 Å². The van der Waals surface area contributed by atoms with E-state index in [0.29, 0.717) is 24.2 Å². The summed E-state index contributed by atoms with van der Waals surface area (Å²) in [7, 11) is 0. The number of halogens is 2. The van der Waals surface area contributed by atoms with Crippen LogP contribution in [0.5, 0.6) is 0 Å². The monoisotopic (exact) mass is 401 g/mol. The van der Waals surface area contributed by atoms with Crippen LogP contribution >= 0.6 is 24.8 Å². The van der Waals surface area contributed by atoms with E-state index in [4.69, 9.17) is 0 Å². The quantitative estimate of drug-likeness (QED) is 0.766. The summed E-state index contributed by atoms with van der Waals surface area (Å²) in [6.45, 7) is 7.41. The molecule has 2 saturated heterocycles. The lowest BCUT2D eigenvalue weighted by atomic mass is 9.84. The summed E-state index contributed by atoms with van der Waals surface area (Å²) in [5, 5.41) is 6.58. The molecular weight excluding hydrogens is 369 g/mol. The van der Waals surface area contributed by atoms with Crippen molar-refractivity contribution in [2.45, 2.75) is 32.6 Å². The molecule has 0 aliphatic carbocycles. The highest BCUT2D eigenvalue weighted by Crippen LogP contribution is 2.25. The normalized spacial score (nSPS) is 21.4. The van der Waals surface area contributed by atoms with Crippen molar-refractivity contribution in [2.24, 2.45) is 17.8 Å². The van der Waals surface area contributed by atoms with Crippen LogP contribution in [0.25, 0.3) is 0 Å². The van der Waals surface area contributed by atoms with Gasteiger partial charge in [0, 0.05) is 31.7 Å². The number of hydrogen-bond acceptors (Lipinski definition) is 3. The predicted octanol–water partition coefficient (Wildman–Crippen LogP) is 3.50. The van der Waals surface area contributed by atoms with Gasteiger partial charge in [0.15, 0.2) is 0 Å². The summed E-state index contributed by atoms with van der Waals surface area (Å²) in [6.07, 6.45) is 4.27. The van der Waals surface area contributed by atoms with Crippen LogP contribution in [0.1, 0.15) is 32.6 Å². The van der Waals surface area contributed by atoms with Gasteiger partial charge in [0.25, 0.3) is 0 Å². The number of benzene rings is 1. The number of nitrogens with one attached hydrogen (secondary N) is 2. The molecule has 0 spiro atoms. The van der Waals surface area contributed by atoms with Crippen LogP contribution in [-0.2, 0) is 4.79 Å². The molecule has 2 unspecified atom stereocenters. The second-order valence-corrected chi connectivity index (χ2v) is 7.51. The van der Waals surface area contributed by atoms with Gasteiger partial charge in [-0.15, -0.1) is 24.8 Å². The number of carbonyl (C=O) groups is 1. The fourth-order valence-electron chi connectivity index (χ4n) is 4.08. The van der Waals surface area contributed by atoms with Gasteiger partial charge in [0.1, 0.15) is 0 Å². The van der Waals surface area contributed by atoms with E-state index in [9.17, 15) is 4.79 Å². The van der Waals surface area contributed by atoms with Crippen LogP contribution in [0, 0.1) is 17.8 Å². The predicted molar refractivity (Wildman–Crippen MR) is 114 cm³/mol. The van der Waals surface area contributed by atoms with E-state index in [1.807, 2.05) is 0 Å². The molecule has 2 N–H and O–H groups in total. The summed E-state index contributed by atoms with van der Waals surface area (Å²) in [5.74, 6) is 2.01. The van der Waals surface area contributed by atoms with Crippen molar-refractivity contribution in [2.75, 3.05) is 37.6 Å². The zero-order chi connectivity index (χ0) is 16.8. The van der Waals surface area contributed by atoms with Crippen LogP contribution in [0.15, 0.2) is 30.3 Å². The van der Waals surface area contributed by atoms with Crippen molar-refractivity contribution in [3.05, 3.63) is 30.3 Å². The van der Waals surface area contributed by atoms with E-state index in [-0.39, 0.29) is 30.7 Å². The van der Waals surface area contributed by atoms with Gasteiger partial charge in [-0.05, 0) is 62.2 Å². The highest BCUT2D eigenvalue weighted by Gasteiger charge is 2.25. The second-order valence-electron chi connectivity index (χ2n) is 7.51. The Hall–Kier alpha value is -0.970. The molecule has 2 atom stereocenters. The van der Waals surface area contributed by atoms with E-state index in [1.165, 1.54) is 24.9 Å². The van der Waals surface area contributed by atoms with E-state index in [0.717, 1.165) is 32.7 Å². The first-order valence-electron chi connectivity index (χ1n) is 9.50. The molecule has 0 bridgehead atoms. The standard InChI is InChI=1S/C20H31N3O.2ClH/c1-16(18-7-10-21-11-8-18)13-20(24)22-14-17-9-12-23(15-17)19-5-3-2-4-6-19;;/h2-6,16-18,21H,7-15H2,1H3,(H,22,24);2*1H. The molecule has 1 aromatic rings. The Morgan fingerprint density at radius 3 is 2.58 bits per heavy atom. The highest BCUT2D eigenvalue weighted by atomic mass is 35.5. The highest BCUT2D eigenvalue weighted by molar-refractivity contribution is 5.85. The summed E-state index contributed by atoms with van der Waals surface area (Å²) in [5.41, 5.74) is 1.30. The van der Waals surface area contributed by atoms with E-state index < -0.39 is 0 Å². The Kier molecular flexibility index (Phi) is 10.4. The molecule has 2 aliphatic heterocycles. The third-order valence-corrected chi connectivity index (χ3v) is 5.69. The maximum Gasteiger partial charge on any atom is 0.220 e. The Bertz CT molecular complexity index is 523. The number of anilines is 1. The molecular formula is C20H33Cl2N3O. The molecule has 2 fully saturated rings. The lowest BCUT2D eigenvalue weighted by Gasteiger charge is -2.28. The average molecular weight is 402 g/mol. The number of amides is 1. The van der Waals surface area contributed by atoms with Gasteiger partial charge in [-0.3, -0.25) is 4.79 Å². The lowest BCUT2D eigenvalue weighted by molar-refractivity contribution is -0.122. The third kappa shape index (κ3) is 6.64. The topological polar surface area (TPSA) is 44.4 Å². The Morgan fingerprint density at radius 2 is 1.88 bits per heavy atom. The maximum absolute atomic E-state index is 12.3. The fraction of sp³-hybridized carbons (Fsp3) is 0.650. The third-order valence-electron chi connectivity index (χ3n) is 5.69. The van der Waals surface area contributed by atoms with E-state index in [1.54, 1.807) is 0 Å². The molecule has 1 aromatic carbocycles. The lowest BCUT2D eigenvalue weighted by Crippen LogP contribution is -2.35. The van der Waals surface area contributed by atoms with Gasteiger partial charge < -0.3 is 15.5 Å². The molecule has 1 amide bonds. The van der Waals surface area contributed by atoms with Gasteiger partial charge in [-0.25, -0.2) is 0 Å². The van der Waals surface area contributed by atoms with Gasteiger partial charge in [0.05, 0.1) is 0 Å². The van der Waals surface area contributed by atoms with Crippen molar-refractivity contribution >= 4 is 36.4 Å². The molecule has 2 aliphatic rings. The van der Waals surface area contributed by atoms with Crippen molar-refractivity contribution in [1.82, 2.24) is 10.6 Å². The van der Waals surface area contributed by atoms with E-state index in [2.05, 4.69) is 52.8 Å². The number of nitrogens with zero attached hydrogens (tertiary/aromatic N) is 1. The summed E-state index contributed by atoms with van der Waals surface area (Å²) in [6, 6.07) is 10.6. The largest absolute Gasteiger partial charge is 0.371 e. The van der Waals surface area contributed by atoms with Crippen molar-refractivity contribution in [1.29, 1.82) is 0 Å². The maximum atomic E-state index is 12.3. The zero-order valence-corrected chi connectivity index (χ0v) is 17.3. The molecule has 4 nitrogen and oxygen atoms in total. The first-order chi connectivity index (χ1) is 11.7. The van der Waals surface area contributed by atoms with Crippen molar-refractivity contribution in [3.63, 3.8) is 0 Å². The van der Waals surface area contributed by atoms with Gasteiger partial charge in [-0.2, -0.15) is 0 Å². The average Bonchev–Trinajstić information content (AvgIpc) is 3.10. The summed E-state index contributed by atoms with van der Waals surface area (Å²) >= 11 is 0. The number of carbonyl (C=O) groups excluding carboxylic acids is 1. The van der Waals surface area contributed by atoms with Crippen LogP contribution < -0.4 is 15.5 Å². The van der Waals surface area contributed by atoms with Gasteiger partial charge in [-0.1, -0.05) is 25.1 Å². The number of piperidine rings is 1. The molecule has 6 heteroatoms. The van der Waals surface area contributed by atoms with Crippen LogP contribution in [0.2, 0.25) is 0 Å². The van der Waals surface area contributed by atoms with Crippen molar-refractivity contribution < 1.29 is 4.79 Å². The van der Waals surface area contributed by atoms with Gasteiger partial charge in [0.2, 0.25) is 5.91 Å². The zero-order valence-electron chi connectivity index (χ0n) is 15.7. The second kappa shape index (κ2) is 11.7. The number of hydrogen-bond donors (Lipinski definition) is 2. The number of rotatable bonds is 6. The van der Waals surface area contributed by atoms with Gasteiger partial charge >= 0.3 is 0 Å². The summed E-state index contributed by atoms with van der Waals surface area (Å²) in [4.78, 5) is 14.7. The summed E-state index contributed by atoms with van der Waals surface area (Å²) < 4.78 is 0. The fourth-order valence-corrected chi connectivity index (χ4v) is 4.08. The van der Waals surface area contributed by atoms with Crippen LogP contribution in [-0.4, -0.2) is 38.6 Å². The SMILES string of the molecule is CC(CC(=O)NCC1CCN(c2ccccc2)C1)C1CCNCC1.Cl.Cl. The first kappa shape index (κ1) is 23.1. The molecule has 0 aromatic heterocycles. The minimum absolute atomic E-state index is 0. The molecule has 2 heterocycles. The molecule has 0 radical (unpaired) electrons. The Balaban J connectivity index is 0.00000169. The minimum atomic E-state index is 0. The molecule has 148 valence electrons. The minimum Gasteiger partial charge on any atom is -0.371 e. The first-order valence-corrected chi connectivity index (χ1v) is 9.50. The van der Waals surface area contributed by atoms with Crippen LogP contribution in [0.4, 0.5) is 5.69 Å². The molecule has 3 rings (SSSR count). The number of para-hydroxylation sites is 1. The molecule has 0 saturated carbocycles. The molecule has 26 heavy (non-hydrogen) atoms. The van der Waals surface area contributed by atoms with Crippen molar-refractivity contribution in [3.8, 4) is 0 Å². The van der Waals surface area contributed by atoms with E-state index >= 15 is 0 Å². The Morgan fingerprint density at radius 1 is 1.19 bits per heavy atom.